The summed E-state index contributed by atoms with van der Waals surface area (Å²) in [5.74, 6) is 0.486. The standard InChI is InChI=1S/C21H22N2O2S.C17H29NO.C5H12.2C2H6/c1-5-9-19-17(6-2)22-20(26-19)16-12-14-10-11-15(23(7-3)8-4)13-18(14)25-21(16)24;1-13(2)16(15-11-9-8-10-12-15)18(17(5,6)7)19-14(3)4;1-5(2,3)4;2*1-2/h5-6,9-13H,2,7-8H2,1,3-4H3;8-14,16H,1-7H3;1-4H3;2*1-2H3/b9-5-;;;;. The minimum atomic E-state index is -0.370. The molecule has 0 spiro atoms. The molecule has 0 amide bonds. The van der Waals surface area contributed by atoms with Crippen LogP contribution in [0, 0.1) is 11.3 Å². The van der Waals surface area contributed by atoms with E-state index in [1.165, 1.54) is 16.9 Å². The van der Waals surface area contributed by atoms with Gasteiger partial charge in [0.05, 0.1) is 28.3 Å². The number of aromatic nitrogens is 1. The predicted octanol–water partition coefficient (Wildman–Crippen LogP) is 14.4. The summed E-state index contributed by atoms with van der Waals surface area (Å²) >= 11 is 1.46. The Labute approximate surface area is 334 Å². The summed E-state index contributed by atoms with van der Waals surface area (Å²) in [5, 5.41) is 3.70. The molecule has 2 heterocycles. The largest absolute Gasteiger partial charge is 0.422 e. The molecular weight excluding hydrogens is 687 g/mol. The van der Waals surface area contributed by atoms with E-state index in [9.17, 15) is 4.79 Å². The minimum absolute atomic E-state index is 0.0327. The lowest BCUT2D eigenvalue weighted by Gasteiger charge is -2.43. The summed E-state index contributed by atoms with van der Waals surface area (Å²) in [5.41, 5.74) is 4.32. The van der Waals surface area contributed by atoms with Crippen LogP contribution in [0.3, 0.4) is 0 Å². The zero-order valence-corrected chi connectivity index (χ0v) is 38.1. The molecule has 0 saturated heterocycles. The molecule has 0 aliphatic rings. The summed E-state index contributed by atoms with van der Waals surface area (Å²) in [7, 11) is 0. The van der Waals surface area contributed by atoms with Gasteiger partial charge in [-0.2, -0.15) is 5.06 Å². The first-order valence-electron chi connectivity index (χ1n) is 19.9. The number of allylic oxidation sites excluding steroid dienone is 1. The van der Waals surface area contributed by atoms with Crippen molar-refractivity contribution in [2.24, 2.45) is 11.3 Å². The normalized spacial score (nSPS) is 11.9. The van der Waals surface area contributed by atoms with Crippen molar-refractivity contribution in [3.63, 3.8) is 0 Å². The van der Waals surface area contributed by atoms with Crippen LogP contribution in [-0.2, 0) is 4.84 Å². The first-order valence-corrected chi connectivity index (χ1v) is 20.8. The van der Waals surface area contributed by atoms with Crippen molar-refractivity contribution in [1.29, 1.82) is 0 Å². The van der Waals surface area contributed by atoms with Crippen molar-refractivity contribution in [1.82, 2.24) is 10.0 Å². The molecule has 2 aromatic heterocycles. The van der Waals surface area contributed by atoms with E-state index in [0.29, 0.717) is 27.5 Å². The van der Waals surface area contributed by atoms with Gasteiger partial charge in [-0.25, -0.2) is 9.78 Å². The first-order chi connectivity index (χ1) is 25.3. The number of hydrogen-bond donors (Lipinski definition) is 0. The van der Waals surface area contributed by atoms with Crippen molar-refractivity contribution in [2.45, 2.75) is 142 Å². The van der Waals surface area contributed by atoms with Crippen molar-refractivity contribution >= 4 is 40.1 Å². The average Bonchev–Trinajstić information content (AvgIpc) is 3.52. The van der Waals surface area contributed by atoms with Crippen molar-refractivity contribution < 1.29 is 9.25 Å². The molecule has 4 aromatic rings. The topological polar surface area (TPSA) is 58.8 Å². The van der Waals surface area contributed by atoms with Gasteiger partial charge < -0.3 is 9.32 Å². The Morgan fingerprint density at radius 2 is 1.44 bits per heavy atom. The van der Waals surface area contributed by atoms with Gasteiger partial charge in [-0.05, 0) is 103 Å². The Balaban J connectivity index is 0.000000881. The second-order valence-corrected chi connectivity index (χ2v) is 16.6. The maximum Gasteiger partial charge on any atom is 0.346 e. The maximum absolute atomic E-state index is 12.6. The van der Waals surface area contributed by atoms with E-state index in [2.05, 4.69) is 148 Å². The lowest BCUT2D eigenvalue weighted by Crippen LogP contribution is -2.46. The van der Waals surface area contributed by atoms with Crippen LogP contribution in [0.25, 0.3) is 33.7 Å². The van der Waals surface area contributed by atoms with Crippen LogP contribution < -0.4 is 10.5 Å². The Bertz CT molecular complexity index is 1700. The fourth-order valence-corrected chi connectivity index (χ4v) is 6.26. The fraction of sp³-hybridized carbons (Fsp3) is 0.532. The van der Waals surface area contributed by atoms with Crippen LogP contribution >= 0.6 is 11.3 Å². The number of benzene rings is 2. The Morgan fingerprint density at radius 1 is 0.889 bits per heavy atom. The van der Waals surface area contributed by atoms with Gasteiger partial charge in [-0.1, -0.05) is 112 Å². The van der Waals surface area contributed by atoms with Gasteiger partial charge in [0.15, 0.2) is 0 Å². The highest BCUT2D eigenvalue weighted by Crippen LogP contribution is 2.35. The first kappa shape index (κ1) is 50.5. The number of rotatable bonds is 11. The summed E-state index contributed by atoms with van der Waals surface area (Å²) in [6.07, 6.45) is 5.80. The van der Waals surface area contributed by atoms with E-state index >= 15 is 0 Å². The average molecular weight is 762 g/mol. The van der Waals surface area contributed by atoms with Gasteiger partial charge in [0.2, 0.25) is 0 Å². The molecule has 1 unspecified atom stereocenters. The summed E-state index contributed by atoms with van der Waals surface area (Å²) in [6, 6.07) is 18.7. The number of fused-ring (bicyclic) bond motifs is 1. The highest BCUT2D eigenvalue weighted by atomic mass is 32.1. The van der Waals surface area contributed by atoms with E-state index in [0.717, 1.165) is 34.7 Å². The Kier molecular flexibility index (Phi) is 23.2. The third kappa shape index (κ3) is 16.9. The van der Waals surface area contributed by atoms with Gasteiger partial charge in [-0.15, -0.1) is 11.3 Å². The fourth-order valence-electron chi connectivity index (χ4n) is 5.22. The second-order valence-electron chi connectivity index (χ2n) is 15.6. The summed E-state index contributed by atoms with van der Waals surface area (Å²) in [4.78, 5) is 26.4. The minimum Gasteiger partial charge on any atom is -0.422 e. The quantitative estimate of drug-likeness (QED) is 0.112. The SMILES string of the molecule is C=Cc1nc(-c2cc3ccc(N(CC)CC)cc3oc2=O)sc1/C=C\C.CC.CC.CC(C)(C)C.CC(C)ON(C(c1ccccc1)C(C)C)C(C)(C)C. The molecule has 6 nitrogen and oxygen atoms in total. The zero-order chi connectivity index (χ0) is 41.8. The van der Waals surface area contributed by atoms with Crippen LogP contribution in [0.2, 0.25) is 0 Å². The Hall–Kier alpha value is -3.52. The molecule has 7 heteroatoms. The van der Waals surface area contributed by atoms with E-state index < -0.39 is 0 Å². The molecule has 0 radical (unpaired) electrons. The van der Waals surface area contributed by atoms with Crippen LogP contribution in [-0.4, -0.2) is 34.8 Å². The van der Waals surface area contributed by atoms with Crippen LogP contribution in [0.15, 0.2) is 76.5 Å². The molecule has 0 saturated carbocycles. The molecule has 0 aliphatic carbocycles. The second kappa shape index (κ2) is 24.8. The van der Waals surface area contributed by atoms with Gasteiger partial charge in [-0.3, -0.25) is 4.84 Å². The highest BCUT2D eigenvalue weighted by molar-refractivity contribution is 7.16. The smallest absolute Gasteiger partial charge is 0.346 e. The number of hydrogen-bond acceptors (Lipinski definition) is 7. The number of anilines is 1. The van der Waals surface area contributed by atoms with Crippen molar-refractivity contribution in [3.05, 3.63) is 93.8 Å². The molecule has 4 rings (SSSR count). The number of nitrogens with zero attached hydrogens (tertiary/aromatic N) is 3. The van der Waals surface area contributed by atoms with Gasteiger partial charge in [0, 0.05) is 35.8 Å². The van der Waals surface area contributed by atoms with Crippen LogP contribution in [0.1, 0.15) is 147 Å². The third-order valence-electron chi connectivity index (χ3n) is 7.28. The molecule has 54 heavy (non-hydrogen) atoms. The summed E-state index contributed by atoms with van der Waals surface area (Å²) < 4.78 is 5.61. The van der Waals surface area contributed by atoms with E-state index in [1.54, 1.807) is 6.08 Å². The van der Waals surface area contributed by atoms with Gasteiger partial charge in [0.1, 0.15) is 10.6 Å². The van der Waals surface area contributed by atoms with Gasteiger partial charge >= 0.3 is 5.63 Å². The predicted molar refractivity (Wildman–Crippen MR) is 242 cm³/mol. The molecule has 0 bridgehead atoms. The molecule has 1 atom stereocenters. The summed E-state index contributed by atoms with van der Waals surface area (Å²) in [6.45, 7) is 43.8. The van der Waals surface area contributed by atoms with Crippen molar-refractivity contribution in [2.75, 3.05) is 18.0 Å². The number of thiazole rings is 1. The molecule has 302 valence electrons. The molecular formula is C47H75N3O3S. The molecule has 0 fully saturated rings. The van der Waals surface area contributed by atoms with Gasteiger partial charge in [0.25, 0.3) is 0 Å². The van der Waals surface area contributed by atoms with Crippen LogP contribution in [0.5, 0.6) is 0 Å². The van der Waals surface area contributed by atoms with E-state index in [1.807, 2.05) is 65.0 Å². The third-order valence-corrected chi connectivity index (χ3v) is 8.35. The monoisotopic (exact) mass is 762 g/mol. The van der Waals surface area contributed by atoms with E-state index in [-0.39, 0.29) is 23.3 Å². The maximum atomic E-state index is 12.6. The lowest BCUT2D eigenvalue weighted by molar-refractivity contribution is -0.266. The molecule has 0 aliphatic heterocycles. The number of hydroxylamine groups is 2. The van der Waals surface area contributed by atoms with Crippen molar-refractivity contribution in [3.8, 4) is 10.6 Å². The van der Waals surface area contributed by atoms with E-state index in [4.69, 9.17) is 9.25 Å². The Morgan fingerprint density at radius 3 is 1.89 bits per heavy atom. The van der Waals surface area contributed by atoms with Crippen LogP contribution in [0.4, 0.5) is 5.69 Å². The molecule has 2 aromatic carbocycles. The lowest BCUT2D eigenvalue weighted by atomic mass is 9.92. The molecule has 0 N–H and O–H groups in total. The highest BCUT2D eigenvalue weighted by Gasteiger charge is 2.33. The zero-order valence-electron chi connectivity index (χ0n) is 37.3.